The van der Waals surface area contributed by atoms with E-state index >= 15 is 0 Å². The summed E-state index contributed by atoms with van der Waals surface area (Å²) in [5.41, 5.74) is 2.62. The molecular weight excluding hydrogens is 346 g/mol. The number of carboxylic acids is 1. The maximum atomic E-state index is 12.8. The summed E-state index contributed by atoms with van der Waals surface area (Å²) in [5.74, 6) is -0.604. The van der Waals surface area contributed by atoms with E-state index in [1.807, 2.05) is 6.07 Å². The van der Waals surface area contributed by atoms with Crippen molar-refractivity contribution >= 4 is 23.0 Å². The van der Waals surface area contributed by atoms with Gasteiger partial charge in [0.1, 0.15) is 0 Å². The monoisotopic (exact) mass is 373 g/mol. The lowest BCUT2D eigenvalue weighted by Crippen LogP contribution is -2.25. The van der Waals surface area contributed by atoms with Crippen molar-refractivity contribution in [2.75, 3.05) is 6.54 Å². The number of carbonyl (C=O) groups is 2. The maximum absolute atomic E-state index is 12.8. The van der Waals surface area contributed by atoms with Gasteiger partial charge < -0.3 is 14.9 Å². The first-order valence-corrected chi connectivity index (χ1v) is 9.54. The van der Waals surface area contributed by atoms with Crippen LogP contribution in [-0.2, 0) is 11.2 Å². The van der Waals surface area contributed by atoms with Crippen molar-refractivity contribution < 1.29 is 19.2 Å². The average molecular weight is 373 g/mol. The van der Waals surface area contributed by atoms with Crippen molar-refractivity contribution in [1.29, 1.82) is 0 Å². The topological polar surface area (TPSA) is 105 Å². The summed E-state index contributed by atoms with van der Waals surface area (Å²) >= 11 is 0. The Morgan fingerprint density at radius 3 is 2.67 bits per heavy atom. The van der Waals surface area contributed by atoms with E-state index < -0.39 is 5.97 Å². The molecule has 2 aromatic rings. The first-order valence-electron chi connectivity index (χ1n) is 9.54. The number of carbonyl (C=O) groups excluding carboxylic acids is 1. The largest absolute Gasteiger partial charge is 0.481 e. The first-order chi connectivity index (χ1) is 12.7. The maximum Gasteiger partial charge on any atom is 0.303 e. The van der Waals surface area contributed by atoms with Crippen LogP contribution in [0.25, 0.3) is 11.1 Å². The van der Waals surface area contributed by atoms with Gasteiger partial charge in [-0.15, -0.1) is 0 Å². The van der Waals surface area contributed by atoms with Gasteiger partial charge in [0.15, 0.2) is 0 Å². The molecule has 1 aliphatic rings. The van der Waals surface area contributed by atoms with Crippen molar-refractivity contribution in [3.8, 4) is 0 Å². The number of pyridine rings is 1. The Balaban J connectivity index is 1.83. The van der Waals surface area contributed by atoms with Crippen molar-refractivity contribution in [2.45, 2.75) is 65.2 Å². The Morgan fingerprint density at radius 1 is 1.30 bits per heavy atom. The van der Waals surface area contributed by atoms with Gasteiger partial charge >= 0.3 is 5.97 Å². The normalized spacial score (nSPS) is 14.5. The Kier molecular flexibility index (Phi) is 5.48. The Bertz CT molecular complexity index is 847. The average Bonchev–Trinajstić information content (AvgIpc) is 3.35. The molecule has 2 heterocycles. The van der Waals surface area contributed by atoms with Gasteiger partial charge in [0.2, 0.25) is 0 Å². The van der Waals surface area contributed by atoms with Gasteiger partial charge in [-0.2, -0.15) is 0 Å². The van der Waals surface area contributed by atoms with E-state index in [0.717, 1.165) is 24.2 Å². The molecule has 0 saturated heterocycles. The highest BCUT2D eigenvalue weighted by atomic mass is 16.5. The molecular formula is C20H27N3O4. The van der Waals surface area contributed by atoms with E-state index in [1.165, 1.54) is 0 Å². The van der Waals surface area contributed by atoms with Crippen LogP contribution in [0.1, 0.15) is 80.5 Å². The molecule has 1 saturated carbocycles. The van der Waals surface area contributed by atoms with Crippen LogP contribution in [0.3, 0.4) is 0 Å². The molecule has 0 aromatic carbocycles. The van der Waals surface area contributed by atoms with Crippen LogP contribution in [0.2, 0.25) is 0 Å². The molecule has 1 amide bonds. The minimum Gasteiger partial charge on any atom is -0.481 e. The van der Waals surface area contributed by atoms with Gasteiger partial charge in [0.05, 0.1) is 16.6 Å². The van der Waals surface area contributed by atoms with E-state index in [9.17, 15) is 9.59 Å². The summed E-state index contributed by atoms with van der Waals surface area (Å²) in [6.07, 6.45) is 4.12. The van der Waals surface area contributed by atoms with E-state index in [1.54, 1.807) is 0 Å². The van der Waals surface area contributed by atoms with Gasteiger partial charge in [-0.3, -0.25) is 9.59 Å². The predicted molar refractivity (Wildman–Crippen MR) is 101 cm³/mol. The van der Waals surface area contributed by atoms with Gasteiger partial charge in [0.25, 0.3) is 11.6 Å². The molecule has 1 fully saturated rings. The summed E-state index contributed by atoms with van der Waals surface area (Å²) < 4.78 is 5.47. The second-order valence-corrected chi connectivity index (χ2v) is 8.52. The van der Waals surface area contributed by atoms with Crippen LogP contribution in [0.5, 0.6) is 0 Å². The molecule has 146 valence electrons. The van der Waals surface area contributed by atoms with Crippen LogP contribution in [0.4, 0.5) is 0 Å². The third kappa shape index (κ3) is 5.05. The van der Waals surface area contributed by atoms with Crippen LogP contribution in [-0.4, -0.2) is 33.7 Å². The summed E-state index contributed by atoms with van der Waals surface area (Å²) in [6.45, 7) is 6.78. The third-order valence-electron chi connectivity index (χ3n) is 4.58. The fourth-order valence-electron chi connectivity index (χ4n) is 3.12. The molecule has 27 heavy (non-hydrogen) atoms. The minimum absolute atomic E-state index is 0.00352. The van der Waals surface area contributed by atoms with Gasteiger partial charge in [0, 0.05) is 24.6 Å². The number of hydrogen-bond donors (Lipinski definition) is 2. The summed E-state index contributed by atoms with van der Waals surface area (Å²) in [7, 11) is 0. The first kappa shape index (κ1) is 19.3. The molecule has 0 bridgehead atoms. The zero-order valence-electron chi connectivity index (χ0n) is 16.2. The lowest BCUT2D eigenvalue weighted by atomic mass is 9.89. The Morgan fingerprint density at radius 2 is 2.04 bits per heavy atom. The molecule has 7 nitrogen and oxygen atoms in total. The molecule has 1 aliphatic carbocycles. The number of carboxylic acid groups (broad SMARTS) is 1. The van der Waals surface area contributed by atoms with E-state index in [0.29, 0.717) is 48.4 Å². The van der Waals surface area contributed by atoms with E-state index in [2.05, 4.69) is 36.2 Å². The fraction of sp³-hybridized carbons (Fsp3) is 0.600. The number of fused-ring (bicyclic) bond motifs is 1. The van der Waals surface area contributed by atoms with Gasteiger partial charge in [-0.05, 0) is 43.6 Å². The van der Waals surface area contributed by atoms with Crippen LogP contribution in [0, 0.1) is 5.41 Å². The Hall–Kier alpha value is -2.44. The van der Waals surface area contributed by atoms with Gasteiger partial charge in [-0.1, -0.05) is 25.9 Å². The number of aliphatic carboxylic acids is 1. The number of amides is 1. The summed E-state index contributed by atoms with van der Waals surface area (Å²) in [5, 5.41) is 16.5. The van der Waals surface area contributed by atoms with Crippen molar-refractivity contribution in [3.63, 3.8) is 0 Å². The molecule has 0 aliphatic heterocycles. The molecule has 0 radical (unpaired) electrons. The zero-order chi connectivity index (χ0) is 19.6. The van der Waals surface area contributed by atoms with Crippen LogP contribution >= 0.6 is 0 Å². The fourth-order valence-corrected chi connectivity index (χ4v) is 3.12. The molecule has 2 aromatic heterocycles. The van der Waals surface area contributed by atoms with Crippen LogP contribution < -0.4 is 5.32 Å². The number of nitrogens with one attached hydrogen (secondary N) is 1. The molecule has 0 unspecified atom stereocenters. The highest BCUT2D eigenvalue weighted by Crippen LogP contribution is 2.40. The lowest BCUT2D eigenvalue weighted by Gasteiger charge is -2.16. The molecule has 0 atom stereocenters. The van der Waals surface area contributed by atoms with E-state index in [-0.39, 0.29) is 17.7 Å². The number of unbranched alkanes of at least 4 members (excludes halogenated alkanes) is 1. The summed E-state index contributed by atoms with van der Waals surface area (Å²) in [6, 6.07) is 1.87. The molecule has 3 rings (SSSR count). The van der Waals surface area contributed by atoms with E-state index in [4.69, 9.17) is 9.63 Å². The van der Waals surface area contributed by atoms with Crippen molar-refractivity contribution in [3.05, 3.63) is 23.0 Å². The second kappa shape index (κ2) is 7.66. The third-order valence-corrected chi connectivity index (χ3v) is 4.58. The number of nitrogens with zero attached hydrogens (tertiary/aromatic N) is 2. The number of rotatable bonds is 8. The Labute approximate surface area is 158 Å². The zero-order valence-corrected chi connectivity index (χ0v) is 16.2. The minimum atomic E-state index is -0.817. The lowest BCUT2D eigenvalue weighted by molar-refractivity contribution is -0.137. The highest BCUT2D eigenvalue weighted by Gasteiger charge is 2.29. The smallest absolute Gasteiger partial charge is 0.303 e. The second-order valence-electron chi connectivity index (χ2n) is 8.52. The summed E-state index contributed by atoms with van der Waals surface area (Å²) in [4.78, 5) is 28.0. The SMILES string of the molecule is CC(C)(C)Cc1noc2nc(C3CC3)cc(C(=O)NCCCCC(=O)O)c12. The molecule has 7 heteroatoms. The number of aromatic nitrogens is 2. The highest BCUT2D eigenvalue weighted by molar-refractivity contribution is 6.06. The quantitative estimate of drug-likeness (QED) is 0.684. The molecule has 0 spiro atoms. The van der Waals surface area contributed by atoms with Crippen molar-refractivity contribution in [1.82, 2.24) is 15.5 Å². The predicted octanol–water partition coefficient (Wildman–Crippen LogP) is 3.67. The number of hydrogen-bond acceptors (Lipinski definition) is 5. The molecule has 2 N–H and O–H groups in total. The van der Waals surface area contributed by atoms with Crippen LogP contribution in [0.15, 0.2) is 10.6 Å². The standard InChI is InChI=1S/C20H27N3O4/c1-20(2,3)11-15-17-13(18(26)21-9-5-4-6-16(24)25)10-14(12-7-8-12)22-19(17)27-23-15/h10,12H,4-9,11H2,1-3H3,(H,21,26)(H,24,25). The van der Waals surface area contributed by atoms with Crippen molar-refractivity contribution in [2.24, 2.45) is 5.41 Å². The van der Waals surface area contributed by atoms with Gasteiger partial charge in [-0.25, -0.2) is 4.98 Å².